The third kappa shape index (κ3) is 3.64. The number of nitrogens with two attached hydrogens (primary N) is 1. The summed E-state index contributed by atoms with van der Waals surface area (Å²) in [7, 11) is 0. The summed E-state index contributed by atoms with van der Waals surface area (Å²) in [4.78, 5) is 4.38. The fourth-order valence-electron chi connectivity index (χ4n) is 1.62. The quantitative estimate of drug-likeness (QED) is 0.939. The largest absolute Gasteiger partial charge is 0.338 e. The van der Waals surface area contributed by atoms with Crippen LogP contribution in [0.15, 0.2) is 33.3 Å². The van der Waals surface area contributed by atoms with Gasteiger partial charge in [0.15, 0.2) is 5.82 Å². The molecule has 4 nitrogen and oxygen atoms in total. The zero-order chi connectivity index (χ0) is 14.0. The monoisotopic (exact) mass is 323 g/mol. The fourth-order valence-corrected chi connectivity index (χ4v) is 1.89. The average Bonchev–Trinajstić information content (AvgIpc) is 2.78. The van der Waals surface area contributed by atoms with E-state index in [0.29, 0.717) is 18.1 Å². The lowest BCUT2D eigenvalue weighted by atomic mass is 9.87. The Kier molecular flexibility index (Phi) is 4.06. The lowest BCUT2D eigenvalue weighted by molar-refractivity contribution is 0.252. The summed E-state index contributed by atoms with van der Waals surface area (Å²) < 4.78 is 6.31. The molecule has 0 saturated heterocycles. The van der Waals surface area contributed by atoms with Crippen LogP contribution in [0.1, 0.15) is 44.1 Å². The van der Waals surface area contributed by atoms with Crippen LogP contribution in [-0.2, 0) is 6.42 Å². The van der Waals surface area contributed by atoms with Gasteiger partial charge in [-0.15, -0.1) is 0 Å². The van der Waals surface area contributed by atoms with Crippen LogP contribution in [0.3, 0.4) is 0 Å². The highest BCUT2D eigenvalue weighted by molar-refractivity contribution is 9.10. The van der Waals surface area contributed by atoms with Gasteiger partial charge in [-0.25, -0.2) is 0 Å². The second kappa shape index (κ2) is 5.43. The van der Waals surface area contributed by atoms with E-state index < -0.39 is 0 Å². The Morgan fingerprint density at radius 3 is 2.47 bits per heavy atom. The van der Waals surface area contributed by atoms with Gasteiger partial charge in [-0.3, -0.25) is 0 Å². The highest BCUT2D eigenvalue weighted by Crippen LogP contribution is 2.29. The minimum Gasteiger partial charge on any atom is -0.338 e. The van der Waals surface area contributed by atoms with Gasteiger partial charge in [0.1, 0.15) is 0 Å². The first-order valence-corrected chi connectivity index (χ1v) is 6.98. The van der Waals surface area contributed by atoms with Crippen molar-refractivity contribution in [2.75, 3.05) is 0 Å². The van der Waals surface area contributed by atoms with Crippen molar-refractivity contribution in [3.05, 3.63) is 46.0 Å². The molecule has 0 fully saturated rings. The molecule has 1 atom stereocenters. The van der Waals surface area contributed by atoms with Gasteiger partial charge in [0.25, 0.3) is 0 Å². The maximum Gasteiger partial charge on any atom is 0.244 e. The Morgan fingerprint density at radius 2 is 1.89 bits per heavy atom. The summed E-state index contributed by atoms with van der Waals surface area (Å²) in [6, 6.07) is 7.81. The molecule has 5 heteroatoms. The number of rotatable bonds is 3. The minimum atomic E-state index is -0.251. The van der Waals surface area contributed by atoms with Crippen molar-refractivity contribution in [1.82, 2.24) is 10.1 Å². The second-order valence-corrected chi connectivity index (χ2v) is 6.61. The van der Waals surface area contributed by atoms with Crippen molar-refractivity contribution in [3.8, 4) is 0 Å². The zero-order valence-electron chi connectivity index (χ0n) is 11.4. The Bertz CT molecular complexity index is 543. The molecule has 1 heterocycles. The second-order valence-electron chi connectivity index (χ2n) is 5.70. The zero-order valence-corrected chi connectivity index (χ0v) is 12.9. The summed E-state index contributed by atoms with van der Waals surface area (Å²) in [6.45, 7) is 6.16. The molecule has 2 N–H and O–H groups in total. The highest BCUT2D eigenvalue weighted by Gasteiger charge is 2.27. The number of nitrogens with zero attached hydrogens (tertiary/aromatic N) is 2. The van der Waals surface area contributed by atoms with Crippen molar-refractivity contribution < 1.29 is 4.52 Å². The van der Waals surface area contributed by atoms with Gasteiger partial charge in [-0.2, -0.15) is 4.98 Å². The van der Waals surface area contributed by atoms with Crippen LogP contribution in [0, 0.1) is 5.41 Å². The van der Waals surface area contributed by atoms with Crippen LogP contribution in [0.4, 0.5) is 0 Å². The lowest BCUT2D eigenvalue weighted by Gasteiger charge is -2.23. The third-order valence-corrected chi connectivity index (χ3v) is 3.49. The van der Waals surface area contributed by atoms with Crippen LogP contribution in [-0.4, -0.2) is 10.1 Å². The molecule has 0 aliphatic carbocycles. The summed E-state index contributed by atoms with van der Waals surface area (Å²) in [5.41, 5.74) is 7.14. The smallest absolute Gasteiger partial charge is 0.244 e. The Hall–Kier alpha value is -1.20. The Morgan fingerprint density at radius 1 is 1.26 bits per heavy atom. The first-order valence-electron chi connectivity index (χ1n) is 6.19. The molecule has 19 heavy (non-hydrogen) atoms. The normalized spacial score (nSPS) is 13.5. The first-order chi connectivity index (χ1) is 8.86. The van der Waals surface area contributed by atoms with E-state index in [9.17, 15) is 0 Å². The van der Waals surface area contributed by atoms with Crippen molar-refractivity contribution in [1.29, 1.82) is 0 Å². The standard InChI is InChI=1S/C14H18BrN3O/c1-14(2,3)12(16)13-17-11(18-19-13)8-9-4-6-10(15)7-5-9/h4-7,12H,8,16H2,1-3H3. The van der Waals surface area contributed by atoms with Gasteiger partial charge in [-0.05, 0) is 23.1 Å². The van der Waals surface area contributed by atoms with Crippen LogP contribution in [0.2, 0.25) is 0 Å². The number of benzene rings is 1. The van der Waals surface area contributed by atoms with E-state index in [0.717, 1.165) is 10.0 Å². The van der Waals surface area contributed by atoms with E-state index in [4.69, 9.17) is 10.3 Å². The SMILES string of the molecule is CC(C)(C)C(N)c1nc(Cc2ccc(Br)cc2)no1. The van der Waals surface area contributed by atoms with Gasteiger partial charge in [0.2, 0.25) is 5.89 Å². The molecule has 2 aromatic rings. The molecule has 0 aliphatic heterocycles. The van der Waals surface area contributed by atoms with Crippen molar-refractivity contribution in [2.45, 2.75) is 33.2 Å². The van der Waals surface area contributed by atoms with E-state index in [2.05, 4.69) is 46.8 Å². The molecule has 0 spiro atoms. The van der Waals surface area contributed by atoms with Crippen molar-refractivity contribution in [3.63, 3.8) is 0 Å². The van der Waals surface area contributed by atoms with Gasteiger partial charge >= 0.3 is 0 Å². The van der Waals surface area contributed by atoms with Crippen LogP contribution < -0.4 is 5.73 Å². The van der Waals surface area contributed by atoms with E-state index in [1.165, 1.54) is 0 Å². The molecule has 1 unspecified atom stereocenters. The van der Waals surface area contributed by atoms with Gasteiger partial charge in [0, 0.05) is 10.9 Å². The molecule has 0 bridgehead atoms. The van der Waals surface area contributed by atoms with Crippen LogP contribution in [0.25, 0.3) is 0 Å². The Labute approximate surface area is 121 Å². The van der Waals surface area contributed by atoms with Crippen molar-refractivity contribution >= 4 is 15.9 Å². The van der Waals surface area contributed by atoms with Gasteiger partial charge in [0.05, 0.1) is 6.04 Å². The average molecular weight is 324 g/mol. The molecular formula is C14H18BrN3O. The molecule has 2 rings (SSSR count). The maximum absolute atomic E-state index is 6.10. The molecule has 0 amide bonds. The third-order valence-electron chi connectivity index (χ3n) is 2.96. The van der Waals surface area contributed by atoms with Crippen molar-refractivity contribution in [2.24, 2.45) is 11.1 Å². The molecular weight excluding hydrogens is 306 g/mol. The Balaban J connectivity index is 2.11. The van der Waals surface area contributed by atoms with E-state index >= 15 is 0 Å². The van der Waals surface area contributed by atoms with Crippen LogP contribution in [0.5, 0.6) is 0 Å². The first kappa shape index (κ1) is 14.2. The predicted molar refractivity (Wildman–Crippen MR) is 77.6 cm³/mol. The van der Waals surface area contributed by atoms with Gasteiger partial charge in [-0.1, -0.05) is 54.0 Å². The molecule has 1 aromatic carbocycles. The summed E-state index contributed by atoms with van der Waals surface area (Å²) in [6.07, 6.45) is 0.646. The van der Waals surface area contributed by atoms with E-state index in [-0.39, 0.29) is 11.5 Å². The molecule has 0 radical (unpaired) electrons. The molecule has 1 aromatic heterocycles. The molecule has 0 saturated carbocycles. The summed E-state index contributed by atoms with van der Waals surface area (Å²) in [5, 5.41) is 3.99. The minimum absolute atomic E-state index is 0.0958. The van der Waals surface area contributed by atoms with Crippen LogP contribution >= 0.6 is 15.9 Å². The maximum atomic E-state index is 6.10. The lowest BCUT2D eigenvalue weighted by Crippen LogP contribution is -2.26. The van der Waals surface area contributed by atoms with E-state index in [1.54, 1.807) is 0 Å². The summed E-state index contributed by atoms with van der Waals surface area (Å²) in [5.74, 6) is 1.16. The van der Waals surface area contributed by atoms with Gasteiger partial charge < -0.3 is 10.3 Å². The molecule has 102 valence electrons. The number of hydrogen-bond donors (Lipinski definition) is 1. The number of hydrogen-bond acceptors (Lipinski definition) is 4. The highest BCUT2D eigenvalue weighted by atomic mass is 79.9. The fraction of sp³-hybridized carbons (Fsp3) is 0.429. The summed E-state index contributed by atoms with van der Waals surface area (Å²) >= 11 is 3.41. The molecule has 0 aliphatic rings. The topological polar surface area (TPSA) is 64.9 Å². The number of halogens is 1. The van der Waals surface area contributed by atoms with E-state index in [1.807, 2.05) is 24.3 Å². The number of aromatic nitrogens is 2. The predicted octanol–water partition coefficient (Wildman–Crippen LogP) is 3.47.